The largest absolute Gasteiger partial charge is 0.480 e. The molecule has 8 rings (SSSR count). The number of thioether (sulfide) groups is 1. The summed E-state index contributed by atoms with van der Waals surface area (Å²) in [6.07, 6.45) is 11.5. The van der Waals surface area contributed by atoms with Crippen LogP contribution in [-0.2, 0) is 26.3 Å². The number of thiazole rings is 1. The Kier molecular flexibility index (Phi) is 14.3. The predicted octanol–water partition coefficient (Wildman–Crippen LogP) is 11.4. The molecule has 0 fully saturated rings. The van der Waals surface area contributed by atoms with Crippen LogP contribution < -0.4 is 19.7 Å². The van der Waals surface area contributed by atoms with Crippen LogP contribution in [0.2, 0.25) is 0 Å². The smallest absolute Gasteiger partial charge is 0.326 e. The van der Waals surface area contributed by atoms with Crippen LogP contribution in [0.5, 0.6) is 0 Å². The number of carboxylic acids is 1. The predicted molar refractivity (Wildman–Crippen MR) is 266 cm³/mol. The van der Waals surface area contributed by atoms with Crippen LogP contribution in [0.15, 0.2) is 149 Å². The molecule has 3 N–H and O–H groups in total. The van der Waals surface area contributed by atoms with E-state index in [2.05, 4.69) is 114 Å². The molecule has 13 heteroatoms. The van der Waals surface area contributed by atoms with Gasteiger partial charge in [0, 0.05) is 54.3 Å². The molecule has 0 radical (unpaired) electrons. The molecule has 1 atom stereocenters. The minimum atomic E-state index is -4.12. The maximum atomic E-state index is 13.3. The lowest BCUT2D eigenvalue weighted by Crippen LogP contribution is -2.43. The Morgan fingerprint density at radius 3 is 2.38 bits per heavy atom. The van der Waals surface area contributed by atoms with Gasteiger partial charge in [-0.05, 0) is 103 Å². The van der Waals surface area contributed by atoms with Gasteiger partial charge < -0.3 is 20.2 Å². The molecule has 334 valence electrons. The molecule has 2 aliphatic heterocycles. The molecule has 0 saturated carbocycles. The first kappa shape index (κ1) is 45.6. The SMILES string of the molecule is CCC(/C=C1\Sc2ccc(-c3ccc(C)cc3)cc2N1CCCCC(=O)Nc1cccc(N2CC=CCC2C(=O)O)c1)=C\c1sc2ccc(-c3ccccc3)cc2[n+]1CCCS(=O)(=O)O. The van der Waals surface area contributed by atoms with Gasteiger partial charge in [0.1, 0.15) is 10.7 Å². The summed E-state index contributed by atoms with van der Waals surface area (Å²) in [5, 5.41) is 14.9. The summed E-state index contributed by atoms with van der Waals surface area (Å²) in [6, 6.07) is 38.5. The highest BCUT2D eigenvalue weighted by atomic mass is 32.2. The lowest BCUT2D eigenvalue weighted by atomic mass is 10.0. The van der Waals surface area contributed by atoms with Crippen LogP contribution in [0.4, 0.5) is 17.1 Å². The molecule has 0 spiro atoms. The van der Waals surface area contributed by atoms with E-state index >= 15 is 0 Å². The lowest BCUT2D eigenvalue weighted by Gasteiger charge is -2.32. The maximum absolute atomic E-state index is 13.3. The van der Waals surface area contributed by atoms with Crippen LogP contribution in [0, 0.1) is 6.92 Å². The van der Waals surface area contributed by atoms with Gasteiger partial charge in [-0.25, -0.2) is 4.79 Å². The third kappa shape index (κ3) is 11.3. The molecule has 5 aromatic carbocycles. The quantitative estimate of drug-likeness (QED) is 0.0354. The molecule has 65 heavy (non-hydrogen) atoms. The summed E-state index contributed by atoms with van der Waals surface area (Å²) < 4.78 is 36.4. The Morgan fingerprint density at radius 2 is 1.62 bits per heavy atom. The number of carbonyl (C=O) groups is 2. The van der Waals surface area contributed by atoms with E-state index in [4.69, 9.17) is 0 Å². The zero-order chi connectivity index (χ0) is 45.5. The molecule has 10 nitrogen and oxygen atoms in total. The fourth-order valence-electron chi connectivity index (χ4n) is 8.31. The van der Waals surface area contributed by atoms with Gasteiger partial charge >= 0.3 is 5.97 Å². The van der Waals surface area contributed by atoms with Crippen LogP contribution >= 0.6 is 23.1 Å². The fourth-order valence-corrected chi connectivity index (χ4v) is 11.1. The second-order valence-electron chi connectivity index (χ2n) is 16.4. The van der Waals surface area contributed by atoms with Crippen molar-refractivity contribution in [1.29, 1.82) is 0 Å². The van der Waals surface area contributed by atoms with Crippen molar-refractivity contribution in [3.8, 4) is 22.3 Å². The molecule has 1 aromatic heterocycles. The average Bonchev–Trinajstić information content (AvgIpc) is 3.83. The van der Waals surface area contributed by atoms with Gasteiger partial charge in [-0.2, -0.15) is 13.0 Å². The van der Waals surface area contributed by atoms with Gasteiger partial charge in [-0.1, -0.05) is 121 Å². The van der Waals surface area contributed by atoms with Crippen molar-refractivity contribution in [2.75, 3.05) is 34.0 Å². The molecule has 2 aliphatic rings. The zero-order valence-electron chi connectivity index (χ0n) is 36.5. The number of anilines is 3. The summed E-state index contributed by atoms with van der Waals surface area (Å²) >= 11 is 3.40. The number of benzene rings is 5. The summed E-state index contributed by atoms with van der Waals surface area (Å²) in [7, 11) is -4.12. The highest BCUT2D eigenvalue weighted by Gasteiger charge is 2.28. The number of unbranched alkanes of at least 4 members (excludes halogenated alkanes) is 1. The van der Waals surface area contributed by atoms with Crippen LogP contribution in [0.3, 0.4) is 0 Å². The van der Waals surface area contributed by atoms with Gasteiger partial charge in [-0.15, -0.1) is 0 Å². The van der Waals surface area contributed by atoms with Crippen molar-refractivity contribution >= 4 is 78.4 Å². The first-order valence-electron chi connectivity index (χ1n) is 22.0. The number of aromatic nitrogens is 1. The van der Waals surface area contributed by atoms with Crippen LogP contribution in [-0.4, -0.2) is 54.8 Å². The molecule has 0 bridgehead atoms. The summed E-state index contributed by atoms with van der Waals surface area (Å²) in [4.78, 5) is 30.6. The number of allylic oxidation sites excluding steroid dienone is 2. The number of amides is 1. The Labute approximate surface area is 389 Å². The van der Waals surface area contributed by atoms with Crippen molar-refractivity contribution in [2.45, 2.75) is 69.9 Å². The van der Waals surface area contributed by atoms with Crippen molar-refractivity contribution < 1.29 is 32.2 Å². The van der Waals surface area contributed by atoms with Gasteiger partial charge in [0.15, 0.2) is 6.54 Å². The number of nitrogens with one attached hydrogen (secondary N) is 1. The standard InChI is InChI=1S/C52H52N4O6S3/c1-3-37(32-51-56(29-12-30-65(60,61)62)46-33-40(23-25-48(46)64-51)38-13-5-4-6-14-38)31-50-55(45-34-41(24-26-47(45)63-50)39-21-19-36(2)20-22-39)28-10-8-18-49(57)53-42-15-11-16-43(35-42)54-27-9-7-17-44(54)52(58)59/h4-7,9,11,13-16,19-26,31-35,44H,3,8,10,12,17-18,27-30H2,1-2H3,(H2-,53,57,58,59,60,61,62)/p+1. The minimum Gasteiger partial charge on any atom is -0.480 e. The number of aliphatic carboxylic acids is 1. The van der Waals surface area contributed by atoms with Crippen molar-refractivity contribution in [2.24, 2.45) is 0 Å². The average molecular weight is 926 g/mol. The first-order chi connectivity index (χ1) is 31.4. The molecular weight excluding hydrogens is 873 g/mol. The number of aryl methyl sites for hydroxylation is 2. The third-order valence-corrected chi connectivity index (χ3v) is 14.8. The van der Waals surface area contributed by atoms with E-state index < -0.39 is 22.1 Å². The van der Waals surface area contributed by atoms with Gasteiger partial charge in [-0.3, -0.25) is 9.35 Å². The molecule has 6 aromatic rings. The molecule has 1 unspecified atom stereocenters. The molecule has 3 heterocycles. The Hall–Kier alpha value is -5.99. The first-order valence-corrected chi connectivity index (χ1v) is 25.3. The topological polar surface area (TPSA) is 131 Å². The second kappa shape index (κ2) is 20.5. The number of rotatable bonds is 17. The van der Waals surface area contributed by atoms with E-state index in [0.29, 0.717) is 44.6 Å². The number of carbonyl (C=O) groups excluding carboxylic acids is 1. The summed E-state index contributed by atoms with van der Waals surface area (Å²) in [6.45, 7) is 5.84. The van der Waals surface area contributed by atoms with Crippen LogP contribution in [0.25, 0.3) is 38.5 Å². The van der Waals surface area contributed by atoms with E-state index in [1.54, 1.807) is 23.1 Å². The highest BCUT2D eigenvalue weighted by molar-refractivity contribution is 8.03. The Bertz CT molecular complexity index is 2910. The van der Waals surface area contributed by atoms with Crippen LogP contribution in [0.1, 0.15) is 56.0 Å². The number of nitrogens with zero attached hydrogens (tertiary/aromatic N) is 3. The zero-order valence-corrected chi connectivity index (χ0v) is 39.0. The number of fused-ring (bicyclic) bond motifs is 2. The number of hydrogen-bond donors (Lipinski definition) is 3. The van der Waals surface area contributed by atoms with E-state index in [0.717, 1.165) is 77.2 Å². The molecule has 0 saturated heterocycles. The number of hydrogen-bond acceptors (Lipinski definition) is 8. The minimum absolute atomic E-state index is 0.0931. The second-order valence-corrected chi connectivity index (χ2v) is 20.1. The van der Waals surface area contributed by atoms with Gasteiger partial charge in [0.05, 0.1) is 16.5 Å². The summed E-state index contributed by atoms with van der Waals surface area (Å²) in [5.74, 6) is -1.29. The number of carboxylic acid groups (broad SMARTS) is 1. The maximum Gasteiger partial charge on any atom is 0.326 e. The van der Waals surface area contributed by atoms with Gasteiger partial charge in [0.25, 0.3) is 15.1 Å². The molecule has 0 aliphatic carbocycles. The van der Waals surface area contributed by atoms with E-state index in [9.17, 15) is 27.7 Å². The molecular formula is C52H53N4O6S3+. The normalized spacial score (nSPS) is 15.8. The monoisotopic (exact) mass is 925 g/mol. The molecule has 1 amide bonds. The van der Waals surface area contributed by atoms with Crippen molar-refractivity contribution in [3.63, 3.8) is 0 Å². The van der Waals surface area contributed by atoms with Crippen molar-refractivity contribution in [3.05, 3.63) is 155 Å². The Balaban J connectivity index is 1.04. The summed E-state index contributed by atoms with van der Waals surface area (Å²) in [5.41, 5.74) is 10.3. The van der Waals surface area contributed by atoms with Crippen molar-refractivity contribution in [1.82, 2.24) is 0 Å². The van der Waals surface area contributed by atoms with Gasteiger partial charge in [0.2, 0.25) is 11.4 Å². The Morgan fingerprint density at radius 1 is 0.862 bits per heavy atom. The fraction of sp³-hybridized carbons (Fsp3) is 0.250. The van der Waals surface area contributed by atoms with E-state index in [1.807, 2.05) is 59.5 Å². The van der Waals surface area contributed by atoms with E-state index in [1.165, 1.54) is 5.56 Å². The lowest BCUT2D eigenvalue weighted by molar-refractivity contribution is -0.668. The third-order valence-electron chi connectivity index (χ3n) is 11.7. The highest BCUT2D eigenvalue weighted by Crippen LogP contribution is 2.48. The van der Waals surface area contributed by atoms with E-state index in [-0.39, 0.29) is 18.1 Å².